The van der Waals surface area contributed by atoms with Crippen molar-refractivity contribution in [3.8, 4) is 0 Å². The Balaban J connectivity index is 0.000000370. The van der Waals surface area contributed by atoms with Crippen molar-refractivity contribution < 1.29 is 150 Å². The van der Waals surface area contributed by atoms with Crippen LogP contribution in [-0.2, 0) is 30.1 Å². The van der Waals surface area contributed by atoms with Crippen LogP contribution in [0.15, 0.2) is 145 Å². The number of aliphatic hydroxyl groups excluding tert-OH is 19. The van der Waals surface area contributed by atoms with Gasteiger partial charge in [0.15, 0.2) is 5.95 Å². The molecule has 3 aromatic heterocycles. The number of aromatic amines is 1. The van der Waals surface area contributed by atoms with Crippen molar-refractivity contribution in [2.45, 2.75) is 97.8 Å². The first kappa shape index (κ1) is 92.3. The molecule has 0 spiro atoms. The summed E-state index contributed by atoms with van der Waals surface area (Å²) < 4.78 is 5.41. The third-order valence-electron chi connectivity index (χ3n) is 16.6. The molecule has 0 aliphatic heterocycles. The van der Waals surface area contributed by atoms with Gasteiger partial charge in [0.2, 0.25) is 0 Å². The van der Waals surface area contributed by atoms with Gasteiger partial charge in [0.1, 0.15) is 70.8 Å². The van der Waals surface area contributed by atoms with Crippen molar-refractivity contribution in [1.29, 1.82) is 0 Å². The molecule has 0 fully saturated rings. The second-order valence-corrected chi connectivity index (χ2v) is 27.6. The van der Waals surface area contributed by atoms with Crippen molar-refractivity contribution in [3.63, 3.8) is 0 Å². The zero-order valence-electron chi connectivity index (χ0n) is 59.1. The van der Waals surface area contributed by atoms with E-state index in [1.807, 2.05) is 4.68 Å². The summed E-state index contributed by atoms with van der Waals surface area (Å²) in [5.74, 6) is -3.56. The van der Waals surface area contributed by atoms with Crippen LogP contribution in [0.3, 0.4) is 0 Å². The first-order valence-electron chi connectivity index (χ1n) is 33.8. The number of carboxylic acids is 1. The summed E-state index contributed by atoms with van der Waals surface area (Å²) in [6, 6.07) is 25.5. The molecule has 0 aliphatic carbocycles. The van der Waals surface area contributed by atoms with Crippen LogP contribution in [0.2, 0.25) is 0 Å². The maximum atomic E-state index is 12.9. The van der Waals surface area contributed by atoms with Gasteiger partial charge in [0.25, 0.3) is 17.7 Å². The molecule has 0 aliphatic rings. The van der Waals surface area contributed by atoms with Crippen LogP contribution >= 0.6 is 7.92 Å². The van der Waals surface area contributed by atoms with Gasteiger partial charge in [-0.15, -0.1) is 0 Å². The van der Waals surface area contributed by atoms with Crippen LogP contribution in [-0.4, -0.2) is 326 Å². The molecule has 4 aromatic carbocycles. The number of H-pyrrole nitrogens is 1. The molecule has 0 saturated heterocycles. The molecule has 13 unspecified atom stereocenters. The number of rotatable bonds is 42. The van der Waals surface area contributed by atoms with E-state index in [2.05, 4.69) is 72.4 Å². The van der Waals surface area contributed by atoms with Crippen molar-refractivity contribution in [3.05, 3.63) is 173 Å². The Hall–Kier alpha value is -9.30. The molecule has 111 heavy (non-hydrogen) atoms. The van der Waals surface area contributed by atoms with Gasteiger partial charge in [0, 0.05) is 92.6 Å². The van der Waals surface area contributed by atoms with Crippen LogP contribution in [0, 0.1) is 0 Å². The number of aliphatic carboxylic acids is 1. The SMILES string of the molecule is C=C(O)C[N-]C(CO)(CO)CO.O=C(NCC(NC(=O)c1ccc(N=[N+]=[Tc])nc1)C(=O)O)c1ccc2c(cnn2CCCNc2ncc[nH]2)c1.O=C(NCC(O)C(O)C(O)C(O)CO)c1ccc([PH+](c2ccc(C(=O)NCC(O)C(O)C(O)C(O)CO)cc2)c2ccc(C(=O)NCC(O)C(O)C(O)C(O)CO)cc2)cc1. The van der Waals surface area contributed by atoms with E-state index in [1.54, 1.807) is 91.9 Å². The normalized spacial score (nSPS) is 15.1. The van der Waals surface area contributed by atoms with Gasteiger partial charge in [-0.05, 0) is 97.4 Å². The monoisotopic (exact) mass is 1660 g/mol. The zero-order valence-corrected chi connectivity index (χ0v) is 62.0. The molecule has 27 N–H and O–H groups in total. The summed E-state index contributed by atoms with van der Waals surface area (Å²) in [5, 5.41) is 220. The van der Waals surface area contributed by atoms with E-state index in [4.69, 9.17) is 35.7 Å². The van der Waals surface area contributed by atoms with E-state index in [-0.39, 0.29) is 41.1 Å². The van der Waals surface area contributed by atoms with Gasteiger partial charge < -0.3 is 129 Å². The van der Waals surface area contributed by atoms with Crippen LogP contribution in [0.25, 0.3) is 16.2 Å². The molecule has 0 saturated carbocycles. The van der Waals surface area contributed by atoms with E-state index < -0.39 is 188 Å². The Morgan fingerprint density at radius 3 is 1.33 bits per heavy atom. The fourth-order valence-electron chi connectivity index (χ4n) is 9.93. The third kappa shape index (κ3) is 28.1. The molecule has 40 nitrogen and oxygen atoms in total. The van der Waals surface area contributed by atoms with Crippen molar-refractivity contribution in [2.75, 3.05) is 84.2 Å². The summed E-state index contributed by atoms with van der Waals surface area (Å²) >= 11 is 1.70. The minimum absolute atomic E-state index is 0.0956. The number of pyridine rings is 1. The number of aromatic nitrogens is 5. The molecule has 3 heterocycles. The quantitative estimate of drug-likeness (QED) is 0.00555. The summed E-state index contributed by atoms with van der Waals surface area (Å²) in [6.07, 6.45) is -14.4. The van der Waals surface area contributed by atoms with Crippen LogP contribution in [0.1, 0.15) is 58.2 Å². The maximum Gasteiger partial charge on any atom is 0.251 e. The van der Waals surface area contributed by atoms with E-state index >= 15 is 0 Å². The van der Waals surface area contributed by atoms with E-state index in [0.29, 0.717) is 46.3 Å². The predicted octanol–water partition coefficient (Wildman–Crippen LogP) is -8.03. The van der Waals surface area contributed by atoms with Gasteiger partial charge in [-0.2, -0.15) is 5.10 Å². The maximum absolute atomic E-state index is 12.9. The number of amides is 5. The van der Waals surface area contributed by atoms with Crippen LogP contribution < -0.4 is 51.2 Å². The Labute approximate surface area is 644 Å². The first-order valence-corrected chi connectivity index (χ1v) is 36.1. The largest absolute Gasteiger partial charge is 0.394 e. The van der Waals surface area contributed by atoms with Crippen LogP contribution in [0.4, 0.5) is 11.8 Å². The number of carbonyl (C=O) groups excluding carboxylic acids is 5. The average molecular weight is 1660 g/mol. The number of anilines is 1. The van der Waals surface area contributed by atoms with Gasteiger partial charge in [-0.3, -0.25) is 23.9 Å². The Bertz CT molecular complexity index is 3900. The van der Waals surface area contributed by atoms with Gasteiger partial charge in [-0.25, -0.2) is 4.98 Å². The number of aliphatic hydroxyl groups is 19. The number of carbonyl (C=O) groups is 6. The Morgan fingerprint density at radius 1 is 0.541 bits per heavy atom. The standard InChI is InChI=1S/C39H54N3O18P.C23H23N10O4.C7H14NO4.Tc/c43-16-28(49)34(55)31(52)25(46)13-40-37(58)19-1-7-22(8-2-19)61(23-9-3-20(4-10-23)38(59)41-14-26(47)32(53)35(56)29(50)17-44)24-11-5-21(6-12-24)39(60)42-15-27(48)33(54)36(57)30(51)18-45;24-32-19-5-3-15(11-28-19)21(35)31-17(22(36)37)13-29-20(34)14-2-4-18-16(10-14)12-30-33(18)9-1-6-25-23-26-7-8-27-23;1-6(12)2-8-7(3-9,4-10)5-11;/h1-12,25-36,43-57H,13-18H2,(H,40,58)(H,41,59)(H,42,60);2-5,7-8,10-12,17H,1,6,9,13H2,(H,29,34)(H,31,35)(H,36,37)(H2,25,26,27);9-12H,1-5H2;/q;2*-1;+2/p+1. The third-order valence-corrected chi connectivity index (χ3v) is 19.6. The summed E-state index contributed by atoms with van der Waals surface area (Å²) in [4.78, 5) is 86.7. The molecular formula is C69H92N14O26PTc+. The van der Waals surface area contributed by atoms with Crippen molar-refractivity contribution >= 4 is 82.0 Å². The molecule has 0 radical (unpaired) electrons. The molecule has 7 rings (SSSR count). The van der Waals surface area contributed by atoms with E-state index in [9.17, 15) is 95.2 Å². The minimum Gasteiger partial charge on any atom is -0.394 e. The Morgan fingerprint density at radius 2 is 0.955 bits per heavy atom. The number of hydrogen-bond donors (Lipinski definition) is 27. The number of nitrogens with one attached hydrogen (secondary N) is 7. The molecule has 0 bridgehead atoms. The van der Waals surface area contributed by atoms with E-state index in [1.165, 1.54) is 54.7 Å². The zero-order chi connectivity index (χ0) is 82.1. The fraction of sp³-hybridized carbons (Fsp3) is 0.406. The second kappa shape index (κ2) is 46.5. The van der Waals surface area contributed by atoms with Crippen molar-refractivity contribution in [2.24, 2.45) is 5.11 Å². The average Bonchev–Trinajstić information content (AvgIpc) is 1.72. The smallest absolute Gasteiger partial charge is 0.251 e. The fourth-order valence-corrected chi connectivity index (χ4v) is 12.6. The number of hydrogen-bond acceptors (Lipinski definition) is 30. The summed E-state index contributed by atoms with van der Waals surface area (Å²) in [7, 11) is -2.00. The Kier molecular flexibility index (Phi) is 38.7. The van der Waals surface area contributed by atoms with Crippen molar-refractivity contribution in [1.82, 2.24) is 54.7 Å². The summed E-state index contributed by atoms with van der Waals surface area (Å²) in [6.45, 7) is -1.43. The van der Waals surface area contributed by atoms with E-state index in [0.717, 1.165) is 17.3 Å². The first-order chi connectivity index (χ1) is 52.9. The van der Waals surface area contributed by atoms with Gasteiger partial charge in [0.05, 0.1) is 63.5 Å². The number of benzene rings is 4. The molecule has 5 amide bonds. The number of imidazole rings is 1. The van der Waals surface area contributed by atoms with Gasteiger partial charge >= 0.3 is 118 Å². The minimum atomic E-state index is -2.00. The molecule has 42 heteroatoms. The van der Waals surface area contributed by atoms with Gasteiger partial charge in [-0.1, -0.05) is 18.7 Å². The molecular weight excluding hydrogens is 1570 g/mol. The molecule has 13 atom stereocenters. The number of fused-ring (bicyclic) bond motifs is 1. The number of carboxylic acid groups (broad SMARTS) is 1. The molecule has 7 aromatic rings. The summed E-state index contributed by atoms with van der Waals surface area (Å²) in [5.41, 5.74) is 0.501. The number of nitrogens with zero attached hydrogens (tertiary/aromatic N) is 7. The number of aryl methyl sites for hydroxylation is 1. The molecule has 605 valence electrons. The topological polar surface area (TPSA) is 679 Å². The van der Waals surface area contributed by atoms with Crippen LogP contribution in [0.5, 0.6) is 0 Å². The predicted molar refractivity (Wildman–Crippen MR) is 392 cm³/mol. The second-order valence-electron chi connectivity index (χ2n) is 24.7.